The molecule has 1 aromatic rings. The van der Waals surface area contributed by atoms with Gasteiger partial charge in [-0.2, -0.15) is 0 Å². The van der Waals surface area contributed by atoms with Crippen LogP contribution in [0.4, 0.5) is 8.78 Å². The summed E-state index contributed by atoms with van der Waals surface area (Å²) in [5, 5.41) is 12.7. The predicted octanol–water partition coefficient (Wildman–Crippen LogP) is 2.86. The van der Waals surface area contributed by atoms with Crippen LogP contribution in [0.2, 0.25) is 0 Å². The SMILES string of the molecule is Oc1c(Br)cc(F)c(F)c1[C@H]1CCCN1. The number of hydrogen-bond donors (Lipinski definition) is 2. The van der Waals surface area contributed by atoms with Gasteiger partial charge in [-0.15, -0.1) is 0 Å². The first-order chi connectivity index (χ1) is 7.11. The Morgan fingerprint density at radius 3 is 2.80 bits per heavy atom. The highest BCUT2D eigenvalue weighted by Crippen LogP contribution is 2.38. The third-order valence-corrected chi connectivity index (χ3v) is 3.19. The first-order valence-electron chi connectivity index (χ1n) is 4.71. The minimum atomic E-state index is -0.963. The van der Waals surface area contributed by atoms with Crippen LogP contribution >= 0.6 is 15.9 Å². The zero-order valence-corrected chi connectivity index (χ0v) is 9.44. The highest BCUT2D eigenvalue weighted by molar-refractivity contribution is 9.10. The van der Waals surface area contributed by atoms with Crippen molar-refractivity contribution in [3.05, 3.63) is 27.7 Å². The van der Waals surface area contributed by atoms with Gasteiger partial charge in [-0.1, -0.05) is 0 Å². The number of phenols is 1. The molecule has 0 spiro atoms. The number of aromatic hydroxyl groups is 1. The standard InChI is InChI=1S/C10H10BrF2NO/c11-5-4-6(12)9(13)8(10(5)15)7-2-1-3-14-7/h4,7,14-15H,1-3H2/t7-/m1/s1. The average molecular weight is 278 g/mol. The molecule has 0 bridgehead atoms. The molecule has 2 rings (SSSR count). The molecule has 0 aliphatic carbocycles. The second kappa shape index (κ2) is 4.06. The van der Waals surface area contributed by atoms with E-state index in [4.69, 9.17) is 0 Å². The summed E-state index contributed by atoms with van der Waals surface area (Å²) in [5.41, 5.74) is 0.0272. The van der Waals surface area contributed by atoms with Crippen LogP contribution in [0.3, 0.4) is 0 Å². The Labute approximate surface area is 94.4 Å². The lowest BCUT2D eigenvalue weighted by molar-refractivity contribution is 0.421. The monoisotopic (exact) mass is 277 g/mol. The smallest absolute Gasteiger partial charge is 0.167 e. The van der Waals surface area contributed by atoms with E-state index in [9.17, 15) is 13.9 Å². The fraction of sp³-hybridized carbons (Fsp3) is 0.400. The van der Waals surface area contributed by atoms with Crippen molar-refractivity contribution in [2.45, 2.75) is 18.9 Å². The summed E-state index contributed by atoms with van der Waals surface area (Å²) in [6, 6.07) is 0.639. The number of nitrogens with one attached hydrogen (secondary N) is 1. The van der Waals surface area contributed by atoms with E-state index in [1.54, 1.807) is 0 Å². The van der Waals surface area contributed by atoms with Crippen molar-refractivity contribution >= 4 is 15.9 Å². The maximum absolute atomic E-state index is 13.5. The Morgan fingerprint density at radius 1 is 1.47 bits per heavy atom. The van der Waals surface area contributed by atoms with Crippen LogP contribution in [0.25, 0.3) is 0 Å². The molecule has 0 aromatic heterocycles. The third kappa shape index (κ3) is 1.86. The highest BCUT2D eigenvalue weighted by atomic mass is 79.9. The van der Waals surface area contributed by atoms with Gasteiger partial charge in [0.2, 0.25) is 0 Å². The molecule has 82 valence electrons. The van der Waals surface area contributed by atoms with Crippen molar-refractivity contribution in [1.29, 1.82) is 0 Å². The van der Waals surface area contributed by atoms with Gasteiger partial charge in [0.25, 0.3) is 0 Å². The Hall–Kier alpha value is -0.680. The van der Waals surface area contributed by atoms with Gasteiger partial charge in [0.15, 0.2) is 11.6 Å². The highest BCUT2D eigenvalue weighted by Gasteiger charge is 2.26. The second-order valence-electron chi connectivity index (χ2n) is 3.57. The van der Waals surface area contributed by atoms with Crippen molar-refractivity contribution in [3.8, 4) is 5.75 Å². The predicted molar refractivity (Wildman–Crippen MR) is 55.7 cm³/mol. The summed E-state index contributed by atoms with van der Waals surface area (Å²) in [5.74, 6) is -2.12. The van der Waals surface area contributed by atoms with E-state index in [2.05, 4.69) is 21.2 Å². The summed E-state index contributed by atoms with van der Waals surface area (Å²) in [6.45, 7) is 0.762. The van der Waals surface area contributed by atoms with Crippen molar-refractivity contribution in [1.82, 2.24) is 5.32 Å². The normalized spacial score (nSPS) is 20.9. The quantitative estimate of drug-likeness (QED) is 0.774. The molecule has 0 radical (unpaired) electrons. The van der Waals surface area contributed by atoms with E-state index >= 15 is 0 Å². The van der Waals surface area contributed by atoms with E-state index in [0.29, 0.717) is 6.42 Å². The average Bonchev–Trinajstić information content (AvgIpc) is 2.69. The first kappa shape index (κ1) is 10.8. The number of phenolic OH excluding ortho intramolecular Hbond substituents is 1. The molecule has 0 saturated carbocycles. The Morgan fingerprint density at radius 2 is 2.20 bits per heavy atom. The summed E-state index contributed by atoms with van der Waals surface area (Å²) in [4.78, 5) is 0. The molecule has 1 saturated heterocycles. The molecule has 0 amide bonds. The molecule has 2 N–H and O–H groups in total. The van der Waals surface area contributed by atoms with Crippen LogP contribution in [-0.4, -0.2) is 11.7 Å². The van der Waals surface area contributed by atoms with E-state index in [-0.39, 0.29) is 21.8 Å². The van der Waals surface area contributed by atoms with Crippen molar-refractivity contribution in [3.63, 3.8) is 0 Å². The van der Waals surface area contributed by atoms with Gasteiger partial charge in [0.05, 0.1) is 10.0 Å². The van der Waals surface area contributed by atoms with Crippen molar-refractivity contribution < 1.29 is 13.9 Å². The summed E-state index contributed by atoms with van der Waals surface area (Å²) < 4.78 is 26.8. The summed E-state index contributed by atoms with van der Waals surface area (Å²) in [7, 11) is 0. The van der Waals surface area contributed by atoms with Gasteiger partial charge in [0, 0.05) is 6.04 Å². The van der Waals surface area contributed by atoms with Crippen molar-refractivity contribution in [2.24, 2.45) is 0 Å². The van der Waals surface area contributed by atoms with Gasteiger partial charge < -0.3 is 10.4 Å². The molecule has 15 heavy (non-hydrogen) atoms. The van der Waals surface area contributed by atoms with Gasteiger partial charge in [-0.05, 0) is 41.4 Å². The van der Waals surface area contributed by atoms with E-state index < -0.39 is 11.6 Å². The summed E-state index contributed by atoms with van der Waals surface area (Å²) in [6.07, 6.45) is 1.61. The Kier molecular flexibility index (Phi) is 2.93. The van der Waals surface area contributed by atoms with Crippen LogP contribution in [0.5, 0.6) is 5.75 Å². The summed E-state index contributed by atoms with van der Waals surface area (Å²) >= 11 is 2.99. The Bertz CT molecular complexity index is 365. The van der Waals surface area contributed by atoms with Gasteiger partial charge in [-0.25, -0.2) is 8.78 Å². The molecular weight excluding hydrogens is 268 g/mol. The van der Waals surface area contributed by atoms with Crippen LogP contribution in [-0.2, 0) is 0 Å². The Balaban J connectivity index is 2.52. The van der Waals surface area contributed by atoms with Gasteiger partial charge >= 0.3 is 0 Å². The first-order valence-corrected chi connectivity index (χ1v) is 5.50. The minimum Gasteiger partial charge on any atom is -0.506 e. The molecule has 1 aliphatic heterocycles. The molecule has 1 aromatic carbocycles. The number of halogens is 3. The number of hydrogen-bond acceptors (Lipinski definition) is 2. The van der Waals surface area contributed by atoms with Crippen molar-refractivity contribution in [2.75, 3.05) is 6.54 Å². The van der Waals surface area contributed by atoms with E-state index in [0.717, 1.165) is 19.0 Å². The molecule has 1 heterocycles. The fourth-order valence-corrected chi connectivity index (χ4v) is 2.27. The minimum absolute atomic E-state index is 0.0272. The topological polar surface area (TPSA) is 32.3 Å². The lowest BCUT2D eigenvalue weighted by Crippen LogP contribution is -2.15. The van der Waals surface area contributed by atoms with Crippen LogP contribution in [0.1, 0.15) is 24.4 Å². The van der Waals surface area contributed by atoms with Crippen LogP contribution in [0, 0.1) is 11.6 Å². The molecule has 1 fully saturated rings. The van der Waals surface area contributed by atoms with Gasteiger partial charge in [-0.3, -0.25) is 0 Å². The number of benzene rings is 1. The van der Waals surface area contributed by atoms with Crippen LogP contribution < -0.4 is 5.32 Å². The lowest BCUT2D eigenvalue weighted by Gasteiger charge is -2.15. The largest absolute Gasteiger partial charge is 0.506 e. The van der Waals surface area contributed by atoms with Gasteiger partial charge in [0.1, 0.15) is 5.75 Å². The van der Waals surface area contributed by atoms with E-state index in [1.807, 2.05) is 0 Å². The molecule has 1 aliphatic rings. The maximum atomic E-state index is 13.5. The second-order valence-corrected chi connectivity index (χ2v) is 4.42. The molecule has 1 atom stereocenters. The van der Waals surface area contributed by atoms with Crippen LogP contribution in [0.15, 0.2) is 10.5 Å². The third-order valence-electron chi connectivity index (χ3n) is 2.59. The molecule has 5 heteroatoms. The number of rotatable bonds is 1. The lowest BCUT2D eigenvalue weighted by atomic mass is 10.0. The zero-order chi connectivity index (χ0) is 11.0. The maximum Gasteiger partial charge on any atom is 0.167 e. The zero-order valence-electron chi connectivity index (χ0n) is 7.86. The molecule has 2 nitrogen and oxygen atoms in total. The molecule has 0 unspecified atom stereocenters. The molecular formula is C10H10BrF2NO. The fourth-order valence-electron chi connectivity index (χ4n) is 1.85. The van der Waals surface area contributed by atoms with E-state index in [1.165, 1.54) is 0 Å².